The SMILES string of the molecule is COC(=O)C(CCC(N)=O)c1ccccc1. The average Bonchev–Trinajstić information content (AvgIpc) is 2.30. The molecule has 1 unspecified atom stereocenters. The molecule has 2 N–H and O–H groups in total. The van der Waals surface area contributed by atoms with Crippen LogP contribution in [0.25, 0.3) is 0 Å². The van der Waals surface area contributed by atoms with Gasteiger partial charge in [0, 0.05) is 6.42 Å². The van der Waals surface area contributed by atoms with Gasteiger partial charge in [-0.1, -0.05) is 30.3 Å². The molecule has 0 aliphatic heterocycles. The van der Waals surface area contributed by atoms with Crippen LogP contribution < -0.4 is 5.73 Å². The summed E-state index contributed by atoms with van der Waals surface area (Å²) in [5.74, 6) is -1.17. The van der Waals surface area contributed by atoms with Gasteiger partial charge >= 0.3 is 5.97 Å². The number of nitrogens with two attached hydrogens (primary N) is 1. The lowest BCUT2D eigenvalue weighted by Crippen LogP contribution is -2.18. The van der Waals surface area contributed by atoms with Crippen molar-refractivity contribution in [3.05, 3.63) is 35.9 Å². The number of carbonyl (C=O) groups is 2. The monoisotopic (exact) mass is 221 g/mol. The Morgan fingerprint density at radius 3 is 2.44 bits per heavy atom. The molecule has 1 aromatic carbocycles. The predicted molar refractivity (Wildman–Crippen MR) is 59.6 cm³/mol. The molecule has 0 fully saturated rings. The molecule has 0 radical (unpaired) electrons. The highest BCUT2D eigenvalue weighted by Gasteiger charge is 2.21. The summed E-state index contributed by atoms with van der Waals surface area (Å²) in [6.45, 7) is 0. The summed E-state index contributed by atoms with van der Waals surface area (Å²) in [4.78, 5) is 22.3. The molecule has 1 atom stereocenters. The third-order valence-corrected chi connectivity index (χ3v) is 2.37. The second-order valence-corrected chi connectivity index (χ2v) is 3.49. The fraction of sp³-hybridized carbons (Fsp3) is 0.333. The highest BCUT2D eigenvalue weighted by molar-refractivity contribution is 5.80. The second kappa shape index (κ2) is 5.90. The Bertz CT molecular complexity index is 362. The fourth-order valence-corrected chi connectivity index (χ4v) is 1.53. The van der Waals surface area contributed by atoms with Crippen LogP contribution in [0.5, 0.6) is 0 Å². The molecule has 0 saturated carbocycles. The Labute approximate surface area is 94.4 Å². The van der Waals surface area contributed by atoms with E-state index in [0.717, 1.165) is 5.56 Å². The zero-order valence-electron chi connectivity index (χ0n) is 9.18. The number of benzene rings is 1. The second-order valence-electron chi connectivity index (χ2n) is 3.49. The molecule has 4 heteroatoms. The zero-order valence-corrected chi connectivity index (χ0v) is 9.18. The van der Waals surface area contributed by atoms with E-state index >= 15 is 0 Å². The van der Waals surface area contributed by atoms with Gasteiger partial charge in [0.1, 0.15) is 0 Å². The molecule has 0 aliphatic carbocycles. The van der Waals surface area contributed by atoms with E-state index in [9.17, 15) is 9.59 Å². The topological polar surface area (TPSA) is 69.4 Å². The van der Waals surface area contributed by atoms with E-state index in [1.54, 1.807) is 0 Å². The van der Waals surface area contributed by atoms with Crippen LogP contribution >= 0.6 is 0 Å². The Hall–Kier alpha value is -1.84. The number of methoxy groups -OCH3 is 1. The molecular formula is C12H15NO3. The van der Waals surface area contributed by atoms with E-state index in [2.05, 4.69) is 0 Å². The van der Waals surface area contributed by atoms with E-state index in [1.807, 2.05) is 30.3 Å². The smallest absolute Gasteiger partial charge is 0.313 e. The molecule has 86 valence electrons. The van der Waals surface area contributed by atoms with Crippen molar-refractivity contribution in [2.75, 3.05) is 7.11 Å². The number of hydrogen-bond donors (Lipinski definition) is 1. The van der Waals surface area contributed by atoms with Crippen LogP contribution in [0.4, 0.5) is 0 Å². The Morgan fingerprint density at radius 2 is 1.94 bits per heavy atom. The number of hydrogen-bond acceptors (Lipinski definition) is 3. The minimum atomic E-state index is -0.418. The van der Waals surface area contributed by atoms with E-state index in [1.165, 1.54) is 7.11 Å². The number of carbonyl (C=O) groups excluding carboxylic acids is 2. The van der Waals surface area contributed by atoms with Gasteiger partial charge in [0.05, 0.1) is 13.0 Å². The maximum absolute atomic E-state index is 11.6. The minimum Gasteiger partial charge on any atom is -0.469 e. The molecule has 0 aliphatic rings. The predicted octanol–water partition coefficient (Wildman–Crippen LogP) is 1.21. The van der Waals surface area contributed by atoms with Crippen LogP contribution in [0.1, 0.15) is 24.3 Å². The van der Waals surface area contributed by atoms with Gasteiger partial charge in [-0.25, -0.2) is 0 Å². The van der Waals surface area contributed by atoms with Crippen molar-refractivity contribution in [2.45, 2.75) is 18.8 Å². The van der Waals surface area contributed by atoms with E-state index in [0.29, 0.717) is 6.42 Å². The van der Waals surface area contributed by atoms with Crippen LogP contribution in [-0.2, 0) is 14.3 Å². The Kier molecular flexibility index (Phi) is 4.51. The summed E-state index contributed by atoms with van der Waals surface area (Å²) in [5, 5.41) is 0. The third kappa shape index (κ3) is 3.38. The van der Waals surface area contributed by atoms with E-state index in [-0.39, 0.29) is 12.4 Å². The molecule has 0 saturated heterocycles. The molecule has 0 aromatic heterocycles. The number of amides is 1. The molecular weight excluding hydrogens is 206 g/mol. The standard InChI is InChI=1S/C12H15NO3/c1-16-12(15)10(7-8-11(13)14)9-5-3-2-4-6-9/h2-6,10H,7-8H2,1H3,(H2,13,14). The van der Waals surface area contributed by atoms with Crippen LogP contribution in [0.3, 0.4) is 0 Å². The van der Waals surface area contributed by atoms with Crippen molar-refractivity contribution in [3.8, 4) is 0 Å². The van der Waals surface area contributed by atoms with Gasteiger partial charge in [-0.05, 0) is 12.0 Å². The van der Waals surface area contributed by atoms with Crippen LogP contribution in [-0.4, -0.2) is 19.0 Å². The summed E-state index contributed by atoms with van der Waals surface area (Å²) < 4.78 is 4.71. The summed E-state index contributed by atoms with van der Waals surface area (Å²) in [5.41, 5.74) is 5.91. The number of ether oxygens (including phenoxy) is 1. The molecule has 0 heterocycles. The van der Waals surface area contributed by atoms with Crippen molar-refractivity contribution in [2.24, 2.45) is 5.73 Å². The average molecular weight is 221 g/mol. The Balaban J connectivity index is 2.79. The summed E-state index contributed by atoms with van der Waals surface area (Å²) in [6.07, 6.45) is 0.556. The van der Waals surface area contributed by atoms with Crippen molar-refractivity contribution in [1.29, 1.82) is 0 Å². The van der Waals surface area contributed by atoms with Gasteiger partial charge in [0.15, 0.2) is 0 Å². The van der Waals surface area contributed by atoms with Crippen molar-refractivity contribution in [1.82, 2.24) is 0 Å². The molecule has 1 rings (SSSR count). The number of rotatable bonds is 5. The van der Waals surface area contributed by atoms with Gasteiger partial charge in [0.25, 0.3) is 0 Å². The van der Waals surface area contributed by atoms with Gasteiger partial charge < -0.3 is 10.5 Å². The van der Waals surface area contributed by atoms with Gasteiger partial charge in [-0.2, -0.15) is 0 Å². The van der Waals surface area contributed by atoms with Crippen molar-refractivity contribution < 1.29 is 14.3 Å². The maximum Gasteiger partial charge on any atom is 0.313 e. The quantitative estimate of drug-likeness (QED) is 0.760. The molecule has 0 spiro atoms. The molecule has 16 heavy (non-hydrogen) atoms. The van der Waals surface area contributed by atoms with Crippen LogP contribution in [0, 0.1) is 0 Å². The first-order valence-corrected chi connectivity index (χ1v) is 5.06. The maximum atomic E-state index is 11.6. The van der Waals surface area contributed by atoms with Crippen LogP contribution in [0.2, 0.25) is 0 Å². The van der Waals surface area contributed by atoms with Gasteiger partial charge in [-0.15, -0.1) is 0 Å². The first kappa shape index (κ1) is 12.2. The number of esters is 1. The highest BCUT2D eigenvalue weighted by Crippen LogP contribution is 2.22. The lowest BCUT2D eigenvalue weighted by molar-refractivity contribution is -0.142. The largest absolute Gasteiger partial charge is 0.469 e. The molecule has 1 aromatic rings. The Morgan fingerprint density at radius 1 is 1.31 bits per heavy atom. The van der Waals surface area contributed by atoms with Gasteiger partial charge in [-0.3, -0.25) is 9.59 Å². The normalized spacial score (nSPS) is 11.8. The molecule has 0 bridgehead atoms. The van der Waals surface area contributed by atoms with E-state index < -0.39 is 11.8 Å². The minimum absolute atomic E-state index is 0.175. The van der Waals surface area contributed by atoms with Crippen molar-refractivity contribution in [3.63, 3.8) is 0 Å². The molecule has 4 nitrogen and oxygen atoms in total. The summed E-state index contributed by atoms with van der Waals surface area (Å²) in [6, 6.07) is 9.22. The number of primary amides is 1. The lowest BCUT2D eigenvalue weighted by atomic mass is 9.94. The van der Waals surface area contributed by atoms with Crippen molar-refractivity contribution >= 4 is 11.9 Å². The van der Waals surface area contributed by atoms with Gasteiger partial charge in [0.2, 0.25) is 5.91 Å². The summed E-state index contributed by atoms with van der Waals surface area (Å²) in [7, 11) is 1.34. The third-order valence-electron chi connectivity index (χ3n) is 2.37. The summed E-state index contributed by atoms with van der Waals surface area (Å²) >= 11 is 0. The lowest BCUT2D eigenvalue weighted by Gasteiger charge is -2.13. The fourth-order valence-electron chi connectivity index (χ4n) is 1.53. The first-order chi connectivity index (χ1) is 7.65. The van der Waals surface area contributed by atoms with E-state index in [4.69, 9.17) is 10.5 Å². The zero-order chi connectivity index (χ0) is 12.0. The first-order valence-electron chi connectivity index (χ1n) is 5.06. The highest BCUT2D eigenvalue weighted by atomic mass is 16.5. The molecule has 1 amide bonds. The van der Waals surface area contributed by atoms with Crippen LogP contribution in [0.15, 0.2) is 30.3 Å².